The topological polar surface area (TPSA) is 16.4 Å². The summed E-state index contributed by atoms with van der Waals surface area (Å²) in [6.07, 6.45) is 6.44. The third-order valence-electron chi connectivity index (χ3n) is 13.5. The molecule has 62 heavy (non-hydrogen) atoms. The van der Waals surface area contributed by atoms with Crippen LogP contribution in [0, 0.1) is 0 Å². The molecule has 1 saturated carbocycles. The van der Waals surface area contributed by atoms with Gasteiger partial charge >= 0.3 is 0 Å². The Kier molecular flexibility index (Phi) is 8.96. The van der Waals surface area contributed by atoms with E-state index in [1.54, 1.807) is 0 Å². The Morgan fingerprint density at radius 1 is 0.355 bits per heavy atom. The first-order chi connectivity index (χ1) is 30.8. The van der Waals surface area contributed by atoms with E-state index in [-0.39, 0.29) is 0 Å². The molecule has 1 heterocycles. The van der Waals surface area contributed by atoms with Crippen molar-refractivity contribution in [2.75, 3.05) is 4.90 Å². The highest BCUT2D eigenvalue weighted by molar-refractivity contribution is 6.15. The van der Waals surface area contributed by atoms with E-state index < -0.39 is 0 Å². The SMILES string of the molecule is c1ccc(N(c2ccc(-c3cccc4c3ccc3ccccc34)cc2)c2ccccc2-c2cccc3oc4ccccc4c23)c(-c2cccc3cccc(C4CCCCC4)c23)c1. The number of rotatable bonds is 7. The van der Waals surface area contributed by atoms with Crippen molar-refractivity contribution >= 4 is 71.3 Å². The Morgan fingerprint density at radius 2 is 0.919 bits per heavy atom. The highest BCUT2D eigenvalue weighted by atomic mass is 16.3. The number of furan rings is 1. The minimum Gasteiger partial charge on any atom is -0.456 e. The molecule has 296 valence electrons. The molecular formula is C60H45NO. The van der Waals surface area contributed by atoms with Gasteiger partial charge in [-0.2, -0.15) is 0 Å². The van der Waals surface area contributed by atoms with E-state index in [0.29, 0.717) is 5.92 Å². The fourth-order valence-corrected chi connectivity index (χ4v) is 10.6. The summed E-state index contributed by atoms with van der Waals surface area (Å²) in [4.78, 5) is 2.49. The van der Waals surface area contributed by atoms with Gasteiger partial charge in [-0.15, -0.1) is 0 Å². The predicted octanol–water partition coefficient (Wildman–Crippen LogP) is 17.6. The first-order valence-corrected chi connectivity index (χ1v) is 22.2. The second kappa shape index (κ2) is 15.2. The van der Waals surface area contributed by atoms with E-state index in [9.17, 15) is 0 Å². The van der Waals surface area contributed by atoms with Gasteiger partial charge in [-0.3, -0.25) is 0 Å². The van der Waals surface area contributed by atoms with E-state index in [0.717, 1.165) is 50.1 Å². The van der Waals surface area contributed by atoms with Crippen molar-refractivity contribution in [1.82, 2.24) is 0 Å². The van der Waals surface area contributed by atoms with E-state index >= 15 is 0 Å². The number of hydrogen-bond acceptors (Lipinski definition) is 2. The number of anilines is 3. The minimum atomic E-state index is 0.572. The van der Waals surface area contributed by atoms with Crippen LogP contribution in [0.2, 0.25) is 0 Å². The van der Waals surface area contributed by atoms with E-state index in [2.05, 4.69) is 205 Å². The van der Waals surface area contributed by atoms with Gasteiger partial charge in [-0.05, 0) is 115 Å². The van der Waals surface area contributed by atoms with Gasteiger partial charge in [-0.25, -0.2) is 0 Å². The third-order valence-corrected chi connectivity index (χ3v) is 13.5. The first kappa shape index (κ1) is 36.4. The summed E-state index contributed by atoms with van der Waals surface area (Å²) in [5.41, 5.74) is 13.8. The van der Waals surface area contributed by atoms with Gasteiger partial charge in [0.1, 0.15) is 11.2 Å². The quantitative estimate of drug-likeness (QED) is 0.149. The Balaban J connectivity index is 1.08. The summed E-state index contributed by atoms with van der Waals surface area (Å²) in [6, 6.07) is 75.8. The maximum Gasteiger partial charge on any atom is 0.136 e. The summed E-state index contributed by atoms with van der Waals surface area (Å²) >= 11 is 0. The molecule has 0 N–H and O–H groups in total. The summed E-state index contributed by atoms with van der Waals surface area (Å²) in [5.74, 6) is 0.572. The molecule has 1 aliphatic rings. The molecule has 0 amide bonds. The number of para-hydroxylation sites is 3. The zero-order valence-electron chi connectivity index (χ0n) is 34.6. The highest BCUT2D eigenvalue weighted by Gasteiger charge is 2.25. The van der Waals surface area contributed by atoms with Gasteiger partial charge in [0.2, 0.25) is 0 Å². The lowest BCUT2D eigenvalue weighted by Gasteiger charge is -2.31. The van der Waals surface area contributed by atoms with Crippen molar-refractivity contribution in [1.29, 1.82) is 0 Å². The molecule has 11 aromatic rings. The smallest absolute Gasteiger partial charge is 0.136 e. The fourth-order valence-electron chi connectivity index (χ4n) is 10.6. The lowest BCUT2D eigenvalue weighted by Crippen LogP contribution is -2.12. The average Bonchev–Trinajstić information content (AvgIpc) is 3.74. The second-order valence-electron chi connectivity index (χ2n) is 17.0. The zero-order chi connectivity index (χ0) is 41.0. The van der Waals surface area contributed by atoms with Crippen LogP contribution >= 0.6 is 0 Å². The molecule has 12 rings (SSSR count). The Labute approximate surface area is 362 Å². The van der Waals surface area contributed by atoms with E-state index in [1.807, 2.05) is 6.07 Å². The molecule has 0 aliphatic heterocycles. The van der Waals surface area contributed by atoms with Crippen LogP contribution in [0.4, 0.5) is 17.1 Å². The van der Waals surface area contributed by atoms with Crippen molar-refractivity contribution in [3.8, 4) is 33.4 Å². The maximum absolute atomic E-state index is 6.46. The van der Waals surface area contributed by atoms with Crippen LogP contribution < -0.4 is 4.90 Å². The van der Waals surface area contributed by atoms with Crippen molar-refractivity contribution in [3.63, 3.8) is 0 Å². The molecular weight excluding hydrogens is 751 g/mol. The standard InChI is InChI=1S/C60H45NO/c1-2-16-40(17-3-1)47-26-12-19-43-20-13-28-52(59(43)47)50-22-6-9-30-55(50)61(56-31-10-7-23-51(56)53-29-15-33-58-60(53)54-24-8-11-32-57(54)62-58)44-37-34-42(35-38-44)46-25-14-27-48-45-21-5-4-18-41(45)36-39-49(46)48/h4-15,18-40H,1-3,16-17H2. The van der Waals surface area contributed by atoms with Crippen LogP contribution in [0.1, 0.15) is 43.6 Å². The molecule has 1 aromatic heterocycles. The molecule has 2 nitrogen and oxygen atoms in total. The van der Waals surface area contributed by atoms with Crippen molar-refractivity contribution in [3.05, 3.63) is 212 Å². The summed E-state index contributed by atoms with van der Waals surface area (Å²) < 4.78 is 6.46. The van der Waals surface area contributed by atoms with Crippen LogP contribution in [0.5, 0.6) is 0 Å². The Bertz CT molecular complexity index is 3450. The van der Waals surface area contributed by atoms with E-state index in [4.69, 9.17) is 4.42 Å². The van der Waals surface area contributed by atoms with Crippen LogP contribution in [0.25, 0.3) is 87.6 Å². The normalized spacial score (nSPS) is 13.4. The van der Waals surface area contributed by atoms with Crippen LogP contribution in [0.15, 0.2) is 211 Å². The number of nitrogens with zero attached hydrogens (tertiary/aromatic N) is 1. The van der Waals surface area contributed by atoms with Gasteiger partial charge < -0.3 is 9.32 Å². The van der Waals surface area contributed by atoms with Gasteiger partial charge in [-0.1, -0.05) is 189 Å². The third kappa shape index (κ3) is 6.09. The highest BCUT2D eigenvalue weighted by Crippen LogP contribution is 2.49. The molecule has 0 radical (unpaired) electrons. The summed E-state index contributed by atoms with van der Waals surface area (Å²) in [6.45, 7) is 0. The van der Waals surface area contributed by atoms with Crippen LogP contribution in [-0.2, 0) is 0 Å². The maximum atomic E-state index is 6.46. The first-order valence-electron chi connectivity index (χ1n) is 22.2. The molecule has 0 atom stereocenters. The van der Waals surface area contributed by atoms with Crippen LogP contribution in [-0.4, -0.2) is 0 Å². The largest absolute Gasteiger partial charge is 0.456 e. The monoisotopic (exact) mass is 795 g/mol. The molecule has 2 heteroatoms. The Hall–Kier alpha value is -7.42. The molecule has 10 aromatic carbocycles. The fraction of sp³-hybridized carbons (Fsp3) is 0.100. The van der Waals surface area contributed by atoms with E-state index in [1.165, 1.54) is 92.2 Å². The molecule has 0 bridgehead atoms. The number of fused-ring (bicyclic) bond motifs is 7. The van der Waals surface area contributed by atoms with Gasteiger partial charge in [0.25, 0.3) is 0 Å². The molecule has 0 spiro atoms. The minimum absolute atomic E-state index is 0.572. The van der Waals surface area contributed by atoms with Crippen molar-refractivity contribution in [2.45, 2.75) is 38.0 Å². The lowest BCUT2D eigenvalue weighted by molar-refractivity contribution is 0.445. The summed E-state index contributed by atoms with van der Waals surface area (Å²) in [7, 11) is 0. The average molecular weight is 796 g/mol. The van der Waals surface area contributed by atoms with Gasteiger partial charge in [0.15, 0.2) is 0 Å². The van der Waals surface area contributed by atoms with Crippen molar-refractivity contribution < 1.29 is 4.42 Å². The zero-order valence-corrected chi connectivity index (χ0v) is 34.6. The number of hydrogen-bond donors (Lipinski definition) is 0. The van der Waals surface area contributed by atoms with Gasteiger partial charge in [0, 0.05) is 27.6 Å². The molecule has 1 fully saturated rings. The second-order valence-corrected chi connectivity index (χ2v) is 17.0. The number of benzene rings is 10. The molecule has 1 aliphatic carbocycles. The van der Waals surface area contributed by atoms with Crippen molar-refractivity contribution in [2.24, 2.45) is 0 Å². The molecule has 0 unspecified atom stereocenters. The lowest BCUT2D eigenvalue weighted by atomic mass is 9.80. The predicted molar refractivity (Wildman–Crippen MR) is 263 cm³/mol. The van der Waals surface area contributed by atoms with Gasteiger partial charge in [0.05, 0.1) is 11.4 Å². The Morgan fingerprint density at radius 3 is 1.71 bits per heavy atom. The van der Waals surface area contributed by atoms with Crippen LogP contribution in [0.3, 0.4) is 0 Å². The summed E-state index contributed by atoms with van der Waals surface area (Å²) in [5, 5.41) is 10.0. The molecule has 0 saturated heterocycles.